The Morgan fingerprint density at radius 3 is 2.36 bits per heavy atom. The third-order valence-corrected chi connectivity index (χ3v) is 6.54. The highest BCUT2D eigenvalue weighted by Gasteiger charge is 2.25. The zero-order chi connectivity index (χ0) is 24.9. The first kappa shape index (κ1) is 23.6. The molecule has 3 heterocycles. The summed E-state index contributed by atoms with van der Waals surface area (Å²) in [6.45, 7) is 4.81. The zero-order valence-corrected chi connectivity index (χ0v) is 19.9. The number of carbonyl (C=O) groups is 1. The van der Waals surface area contributed by atoms with E-state index in [1.807, 2.05) is 58.3 Å². The first-order valence-electron chi connectivity index (χ1n) is 12.1. The zero-order valence-electron chi connectivity index (χ0n) is 19.9. The van der Waals surface area contributed by atoms with E-state index in [9.17, 15) is 14.9 Å². The number of nitrogens with zero attached hydrogens (tertiary/aromatic N) is 4. The standard InChI is InChI=1S/C27H28N4O5/c32-27(11-8-23-7-10-26(36-23)21-4-2-1-3-5-21)30-14-12-28(13-15-30)22-6-9-24(31(33)34)25(20-22)29-16-18-35-19-17-29/h1-11,20H,12-19H2/b11-8+. The topological polar surface area (TPSA) is 92.3 Å². The monoisotopic (exact) mass is 488 g/mol. The molecule has 3 aromatic rings. The second kappa shape index (κ2) is 10.7. The molecule has 2 aliphatic rings. The van der Waals surface area contributed by atoms with Crippen LogP contribution in [0.4, 0.5) is 17.1 Å². The fourth-order valence-electron chi connectivity index (χ4n) is 4.56. The summed E-state index contributed by atoms with van der Waals surface area (Å²) < 4.78 is 11.2. The first-order valence-corrected chi connectivity index (χ1v) is 12.1. The highest BCUT2D eigenvalue weighted by Crippen LogP contribution is 2.33. The number of hydrogen-bond acceptors (Lipinski definition) is 7. The van der Waals surface area contributed by atoms with Gasteiger partial charge in [-0.2, -0.15) is 0 Å². The number of rotatable bonds is 6. The van der Waals surface area contributed by atoms with Crippen LogP contribution in [0.1, 0.15) is 5.76 Å². The van der Waals surface area contributed by atoms with Crippen LogP contribution in [0.5, 0.6) is 0 Å². The lowest BCUT2D eigenvalue weighted by atomic mass is 10.1. The lowest BCUT2D eigenvalue weighted by molar-refractivity contribution is -0.384. The summed E-state index contributed by atoms with van der Waals surface area (Å²) in [5, 5.41) is 11.6. The largest absolute Gasteiger partial charge is 0.457 e. The molecule has 0 atom stereocenters. The molecule has 0 saturated carbocycles. The van der Waals surface area contributed by atoms with Gasteiger partial charge in [0.15, 0.2) is 0 Å². The van der Waals surface area contributed by atoms with Crippen LogP contribution in [-0.4, -0.2) is 68.2 Å². The summed E-state index contributed by atoms with van der Waals surface area (Å²) in [6.07, 6.45) is 3.25. The molecule has 186 valence electrons. The molecular formula is C27H28N4O5. The number of piperazine rings is 1. The number of benzene rings is 2. The van der Waals surface area contributed by atoms with Gasteiger partial charge >= 0.3 is 0 Å². The van der Waals surface area contributed by atoms with Gasteiger partial charge < -0.3 is 23.9 Å². The van der Waals surface area contributed by atoms with E-state index in [0.717, 1.165) is 17.0 Å². The second-order valence-corrected chi connectivity index (χ2v) is 8.74. The fourth-order valence-corrected chi connectivity index (χ4v) is 4.56. The summed E-state index contributed by atoms with van der Waals surface area (Å²) in [5.74, 6) is 1.32. The van der Waals surface area contributed by atoms with Crippen molar-refractivity contribution < 1.29 is 18.9 Å². The van der Waals surface area contributed by atoms with Crippen molar-refractivity contribution in [3.05, 3.63) is 82.6 Å². The van der Waals surface area contributed by atoms with E-state index in [0.29, 0.717) is 63.9 Å². The van der Waals surface area contributed by atoms with Crippen molar-refractivity contribution in [2.75, 3.05) is 62.3 Å². The molecule has 2 aromatic carbocycles. The van der Waals surface area contributed by atoms with E-state index < -0.39 is 0 Å². The third kappa shape index (κ3) is 5.26. The molecule has 0 radical (unpaired) electrons. The molecule has 0 spiro atoms. The Hall–Kier alpha value is -4.11. The lowest BCUT2D eigenvalue weighted by Gasteiger charge is -2.36. The minimum absolute atomic E-state index is 0.0648. The van der Waals surface area contributed by atoms with Crippen molar-refractivity contribution in [3.8, 4) is 11.3 Å². The predicted octanol–water partition coefficient (Wildman–Crippen LogP) is 4.05. The number of furan rings is 1. The van der Waals surface area contributed by atoms with Crippen molar-refractivity contribution in [2.24, 2.45) is 0 Å². The Kier molecular flexibility index (Phi) is 6.99. The maximum absolute atomic E-state index is 12.8. The molecule has 2 fully saturated rings. The summed E-state index contributed by atoms with van der Waals surface area (Å²) >= 11 is 0. The highest BCUT2D eigenvalue weighted by molar-refractivity contribution is 5.91. The smallest absolute Gasteiger partial charge is 0.292 e. The van der Waals surface area contributed by atoms with Crippen LogP contribution in [0.2, 0.25) is 0 Å². The number of nitro benzene ring substituents is 1. The van der Waals surface area contributed by atoms with Crippen molar-refractivity contribution in [1.82, 2.24) is 4.90 Å². The Bertz CT molecular complexity index is 1240. The molecule has 36 heavy (non-hydrogen) atoms. The van der Waals surface area contributed by atoms with Crippen LogP contribution in [-0.2, 0) is 9.53 Å². The molecule has 2 aliphatic heterocycles. The average Bonchev–Trinajstić information content (AvgIpc) is 3.41. The SMILES string of the molecule is O=C(/C=C/c1ccc(-c2ccccc2)o1)N1CCN(c2ccc([N+](=O)[O-])c(N3CCOCC3)c2)CC1. The molecule has 5 rings (SSSR count). The molecular weight excluding hydrogens is 460 g/mol. The molecule has 0 unspecified atom stereocenters. The van der Waals surface area contributed by atoms with Crippen molar-refractivity contribution in [1.29, 1.82) is 0 Å². The van der Waals surface area contributed by atoms with E-state index in [1.54, 1.807) is 24.3 Å². The van der Waals surface area contributed by atoms with Crippen LogP contribution < -0.4 is 9.80 Å². The lowest BCUT2D eigenvalue weighted by Crippen LogP contribution is -2.48. The molecule has 1 amide bonds. The summed E-state index contributed by atoms with van der Waals surface area (Å²) in [5.41, 5.74) is 2.64. The van der Waals surface area contributed by atoms with Crippen molar-refractivity contribution in [3.63, 3.8) is 0 Å². The van der Waals surface area contributed by atoms with E-state index in [2.05, 4.69) is 4.90 Å². The average molecular weight is 489 g/mol. The van der Waals surface area contributed by atoms with Gasteiger partial charge in [-0.15, -0.1) is 0 Å². The van der Waals surface area contributed by atoms with Gasteiger partial charge in [0, 0.05) is 62.7 Å². The van der Waals surface area contributed by atoms with E-state index in [1.165, 1.54) is 0 Å². The number of morpholine rings is 1. The molecule has 9 heteroatoms. The maximum atomic E-state index is 12.8. The van der Waals surface area contributed by atoms with Gasteiger partial charge in [0.25, 0.3) is 5.69 Å². The molecule has 9 nitrogen and oxygen atoms in total. The Balaban J connectivity index is 1.21. The van der Waals surface area contributed by atoms with Crippen LogP contribution >= 0.6 is 0 Å². The molecule has 0 bridgehead atoms. The number of hydrogen-bond donors (Lipinski definition) is 0. The minimum atomic E-state index is -0.334. The molecule has 0 N–H and O–H groups in total. The number of ether oxygens (including phenoxy) is 1. The van der Waals surface area contributed by atoms with Gasteiger partial charge in [0.2, 0.25) is 5.91 Å². The Labute approximate surface area is 209 Å². The quantitative estimate of drug-likeness (QED) is 0.294. The van der Waals surface area contributed by atoms with Crippen LogP contribution in [0.25, 0.3) is 17.4 Å². The maximum Gasteiger partial charge on any atom is 0.292 e. The van der Waals surface area contributed by atoms with Gasteiger partial charge in [0.05, 0.1) is 18.1 Å². The number of nitro groups is 1. The van der Waals surface area contributed by atoms with Crippen LogP contribution in [0, 0.1) is 10.1 Å². The summed E-state index contributed by atoms with van der Waals surface area (Å²) in [6, 6.07) is 18.8. The van der Waals surface area contributed by atoms with E-state index in [4.69, 9.17) is 9.15 Å². The molecule has 2 saturated heterocycles. The molecule has 0 aliphatic carbocycles. The van der Waals surface area contributed by atoms with Gasteiger partial charge in [0.1, 0.15) is 17.2 Å². The normalized spacial score (nSPS) is 16.5. The van der Waals surface area contributed by atoms with Crippen LogP contribution in [0.3, 0.4) is 0 Å². The van der Waals surface area contributed by atoms with Crippen LogP contribution in [0.15, 0.2) is 71.2 Å². The van der Waals surface area contributed by atoms with Gasteiger partial charge in [-0.25, -0.2) is 0 Å². The number of anilines is 2. The number of carbonyl (C=O) groups excluding carboxylic acids is 1. The summed E-state index contributed by atoms with van der Waals surface area (Å²) in [7, 11) is 0. The highest BCUT2D eigenvalue weighted by atomic mass is 16.6. The van der Waals surface area contributed by atoms with Gasteiger partial charge in [-0.05, 0) is 30.3 Å². The Morgan fingerprint density at radius 2 is 1.64 bits per heavy atom. The molecule has 1 aromatic heterocycles. The minimum Gasteiger partial charge on any atom is -0.457 e. The first-order chi connectivity index (χ1) is 17.6. The predicted molar refractivity (Wildman–Crippen MR) is 138 cm³/mol. The summed E-state index contributed by atoms with van der Waals surface area (Å²) in [4.78, 5) is 30.0. The van der Waals surface area contributed by atoms with Crippen molar-refractivity contribution in [2.45, 2.75) is 0 Å². The third-order valence-electron chi connectivity index (χ3n) is 6.54. The van der Waals surface area contributed by atoms with Crippen molar-refractivity contribution >= 4 is 29.0 Å². The van der Waals surface area contributed by atoms with E-state index >= 15 is 0 Å². The fraction of sp³-hybridized carbons (Fsp3) is 0.296. The van der Waals surface area contributed by atoms with Gasteiger partial charge in [-0.1, -0.05) is 30.3 Å². The second-order valence-electron chi connectivity index (χ2n) is 8.74. The van der Waals surface area contributed by atoms with Gasteiger partial charge in [-0.3, -0.25) is 14.9 Å². The number of amides is 1. The Morgan fingerprint density at radius 1 is 0.889 bits per heavy atom. The van der Waals surface area contributed by atoms with E-state index in [-0.39, 0.29) is 16.5 Å².